The van der Waals surface area contributed by atoms with Crippen molar-refractivity contribution in [3.8, 4) is 5.75 Å². The number of carbonyl (C=O) groups is 1. The number of methoxy groups -OCH3 is 1. The molecule has 0 aliphatic carbocycles. The second kappa shape index (κ2) is 9.63. The molecule has 30 heavy (non-hydrogen) atoms. The molecule has 0 radical (unpaired) electrons. The molecule has 0 bridgehead atoms. The zero-order valence-electron chi connectivity index (χ0n) is 15.6. The van der Waals surface area contributed by atoms with Crippen LogP contribution in [0.2, 0.25) is 0 Å². The number of nitrogens with one attached hydrogen (secondary N) is 1. The van der Waals surface area contributed by atoms with Gasteiger partial charge in [-0.05, 0) is 35.9 Å². The van der Waals surface area contributed by atoms with Crippen LogP contribution in [0.3, 0.4) is 0 Å². The number of hydrogen-bond acceptors (Lipinski definition) is 6. The summed E-state index contributed by atoms with van der Waals surface area (Å²) in [5.41, 5.74) is 3.04. The largest absolute Gasteiger partial charge is 0.496 e. The first-order valence-electron chi connectivity index (χ1n) is 8.50. The third-order valence-corrected chi connectivity index (χ3v) is 5.00. The lowest BCUT2D eigenvalue weighted by Gasteiger charge is -2.04. The lowest BCUT2D eigenvalue weighted by Crippen LogP contribution is -2.19. The quantitative estimate of drug-likeness (QED) is 0.277. The summed E-state index contributed by atoms with van der Waals surface area (Å²) in [6.07, 6.45) is 2.60. The first kappa shape index (κ1) is 21.7. The molecule has 0 atom stereocenters. The van der Waals surface area contributed by atoms with Crippen LogP contribution in [0.4, 0.5) is 5.69 Å². The van der Waals surface area contributed by atoms with Gasteiger partial charge in [0.15, 0.2) is 0 Å². The minimum absolute atomic E-state index is 0.278. The molecule has 0 aliphatic heterocycles. The average Bonchev–Trinajstić information content (AvgIpc) is 3.14. The smallest absolute Gasteiger partial charge is 0.320 e. The number of rotatable bonds is 7. The van der Waals surface area contributed by atoms with E-state index >= 15 is 0 Å². The van der Waals surface area contributed by atoms with E-state index < -0.39 is 16.5 Å². The van der Waals surface area contributed by atoms with Gasteiger partial charge in [0.2, 0.25) is 5.69 Å². The van der Waals surface area contributed by atoms with Gasteiger partial charge in [-0.15, -0.1) is 0 Å². The van der Waals surface area contributed by atoms with Crippen LogP contribution < -0.4 is 10.2 Å². The minimum Gasteiger partial charge on any atom is -0.496 e. The summed E-state index contributed by atoms with van der Waals surface area (Å²) in [6.45, 7) is 0.278. The van der Waals surface area contributed by atoms with E-state index in [2.05, 4.69) is 47.5 Å². The topological polar surface area (TPSA) is 112 Å². The van der Waals surface area contributed by atoms with Gasteiger partial charge in [-0.1, -0.05) is 44.0 Å². The highest BCUT2D eigenvalue weighted by Crippen LogP contribution is 2.21. The number of amides is 1. The van der Waals surface area contributed by atoms with Gasteiger partial charge in [-0.2, -0.15) is 10.2 Å². The van der Waals surface area contributed by atoms with Gasteiger partial charge in [0.05, 0.1) is 24.8 Å². The Hall–Kier alpha value is -3.05. The fourth-order valence-electron chi connectivity index (χ4n) is 2.58. The molecule has 1 heterocycles. The van der Waals surface area contributed by atoms with Gasteiger partial charge < -0.3 is 4.74 Å². The predicted octanol–water partition coefficient (Wildman–Crippen LogP) is 4.14. The molecular weight excluding hydrogens is 522 g/mol. The zero-order chi connectivity index (χ0) is 21.7. The van der Waals surface area contributed by atoms with Crippen LogP contribution >= 0.6 is 31.9 Å². The van der Waals surface area contributed by atoms with Crippen molar-refractivity contribution >= 4 is 49.7 Å². The molecule has 0 fully saturated rings. The van der Waals surface area contributed by atoms with E-state index in [1.807, 2.05) is 24.3 Å². The van der Waals surface area contributed by atoms with Gasteiger partial charge in [0, 0.05) is 14.5 Å². The predicted molar refractivity (Wildman–Crippen MR) is 118 cm³/mol. The van der Waals surface area contributed by atoms with Gasteiger partial charge in [-0.25, -0.2) is 5.43 Å². The van der Waals surface area contributed by atoms with E-state index in [0.717, 1.165) is 14.5 Å². The second-order valence-corrected chi connectivity index (χ2v) is 7.86. The van der Waals surface area contributed by atoms with Crippen LogP contribution in [0.1, 0.15) is 21.6 Å². The third-order valence-electron chi connectivity index (χ3n) is 3.97. The molecule has 0 unspecified atom stereocenters. The molecular formula is C19H15Br2N5O4. The van der Waals surface area contributed by atoms with Gasteiger partial charge in [0.1, 0.15) is 11.9 Å². The van der Waals surface area contributed by atoms with Gasteiger partial charge >= 0.3 is 5.69 Å². The molecule has 1 aromatic heterocycles. The highest BCUT2D eigenvalue weighted by Gasteiger charge is 2.25. The molecule has 1 N–H and O–H groups in total. The van der Waals surface area contributed by atoms with E-state index in [-0.39, 0.29) is 12.2 Å². The normalized spacial score (nSPS) is 10.9. The van der Waals surface area contributed by atoms with Crippen molar-refractivity contribution in [3.05, 3.63) is 84.5 Å². The summed E-state index contributed by atoms with van der Waals surface area (Å²) >= 11 is 6.70. The van der Waals surface area contributed by atoms with E-state index in [9.17, 15) is 14.9 Å². The molecule has 2 aromatic carbocycles. The Bertz CT molecular complexity index is 1110. The Labute approximate surface area is 188 Å². The summed E-state index contributed by atoms with van der Waals surface area (Å²) in [6, 6.07) is 12.7. The van der Waals surface area contributed by atoms with E-state index in [4.69, 9.17) is 4.74 Å². The second-order valence-electron chi connectivity index (χ2n) is 6.03. The maximum absolute atomic E-state index is 12.4. The van der Waals surface area contributed by atoms with Crippen LogP contribution in [0, 0.1) is 10.1 Å². The number of nitrogens with zero attached hydrogens (tertiary/aromatic N) is 4. The third kappa shape index (κ3) is 5.30. The molecule has 0 saturated carbocycles. The standard InChI is InChI=1S/C19H15Br2N5O4/c1-30-17-7-6-15(21)8-13(17)9-22-23-19(27)18-16(26(28)29)11-25(24-18)10-12-2-4-14(20)5-3-12/h2-9,11H,10H2,1H3,(H,23,27)/b22-9+. The van der Waals surface area contributed by atoms with Gasteiger partial charge in [0.25, 0.3) is 5.91 Å². The Morgan fingerprint density at radius 3 is 2.63 bits per heavy atom. The molecule has 154 valence electrons. The molecule has 0 saturated heterocycles. The van der Waals surface area contributed by atoms with Crippen molar-refractivity contribution in [3.63, 3.8) is 0 Å². The number of halogens is 2. The number of ether oxygens (including phenoxy) is 1. The highest BCUT2D eigenvalue weighted by molar-refractivity contribution is 9.10. The number of aromatic nitrogens is 2. The number of nitro groups is 1. The van der Waals surface area contributed by atoms with Crippen molar-refractivity contribution in [1.29, 1.82) is 0 Å². The lowest BCUT2D eigenvalue weighted by molar-refractivity contribution is -0.385. The Morgan fingerprint density at radius 1 is 1.27 bits per heavy atom. The van der Waals surface area contributed by atoms with Crippen molar-refractivity contribution in [1.82, 2.24) is 15.2 Å². The van der Waals surface area contributed by atoms with E-state index in [1.54, 1.807) is 18.2 Å². The molecule has 11 heteroatoms. The van der Waals surface area contributed by atoms with Crippen LogP contribution in [0.15, 0.2) is 62.7 Å². The number of benzene rings is 2. The number of hydrogen-bond donors (Lipinski definition) is 1. The Morgan fingerprint density at radius 2 is 1.97 bits per heavy atom. The van der Waals surface area contributed by atoms with Crippen molar-refractivity contribution in [2.45, 2.75) is 6.54 Å². The highest BCUT2D eigenvalue weighted by atomic mass is 79.9. The number of hydrazone groups is 1. The van der Waals surface area contributed by atoms with Crippen LogP contribution in [-0.2, 0) is 6.54 Å². The van der Waals surface area contributed by atoms with Crippen LogP contribution in [-0.4, -0.2) is 33.9 Å². The average molecular weight is 537 g/mol. The van der Waals surface area contributed by atoms with Crippen LogP contribution in [0.25, 0.3) is 0 Å². The SMILES string of the molecule is COc1ccc(Br)cc1/C=N/NC(=O)c1nn(Cc2ccc(Br)cc2)cc1[N+](=O)[O-]. The fraction of sp³-hybridized carbons (Fsp3) is 0.105. The van der Waals surface area contributed by atoms with Crippen LogP contribution in [0.5, 0.6) is 5.75 Å². The summed E-state index contributed by atoms with van der Waals surface area (Å²) in [4.78, 5) is 23.1. The maximum atomic E-state index is 12.4. The summed E-state index contributed by atoms with van der Waals surface area (Å²) in [5.74, 6) is -0.234. The van der Waals surface area contributed by atoms with E-state index in [1.165, 1.54) is 24.2 Å². The number of carbonyl (C=O) groups excluding carboxylic acids is 1. The lowest BCUT2D eigenvalue weighted by atomic mass is 10.2. The fourth-order valence-corrected chi connectivity index (χ4v) is 3.23. The minimum atomic E-state index is -0.790. The Balaban J connectivity index is 1.78. The molecule has 0 spiro atoms. The first-order valence-corrected chi connectivity index (χ1v) is 10.1. The molecule has 0 aliphatic rings. The van der Waals surface area contributed by atoms with E-state index in [0.29, 0.717) is 11.3 Å². The van der Waals surface area contributed by atoms with Crippen molar-refractivity contribution < 1.29 is 14.5 Å². The Kier molecular flexibility index (Phi) is 6.95. The van der Waals surface area contributed by atoms with Gasteiger partial charge in [-0.3, -0.25) is 19.6 Å². The molecule has 9 nitrogen and oxygen atoms in total. The zero-order valence-corrected chi connectivity index (χ0v) is 18.8. The molecule has 1 amide bonds. The van der Waals surface area contributed by atoms with Crippen molar-refractivity contribution in [2.75, 3.05) is 7.11 Å². The molecule has 3 rings (SSSR count). The van der Waals surface area contributed by atoms with Crippen molar-refractivity contribution in [2.24, 2.45) is 5.10 Å². The first-order chi connectivity index (χ1) is 14.4. The molecule has 3 aromatic rings. The summed E-state index contributed by atoms with van der Waals surface area (Å²) in [7, 11) is 1.51. The summed E-state index contributed by atoms with van der Waals surface area (Å²) in [5, 5.41) is 19.3. The monoisotopic (exact) mass is 535 g/mol. The summed E-state index contributed by atoms with van der Waals surface area (Å²) < 4.78 is 8.29. The maximum Gasteiger partial charge on any atom is 0.320 e.